The predicted molar refractivity (Wildman–Crippen MR) is 88.0 cm³/mol. The number of nitrogens with zero attached hydrogens (tertiary/aromatic N) is 2. The van der Waals surface area contributed by atoms with Crippen LogP contribution in [0.4, 0.5) is 5.82 Å². The van der Waals surface area contributed by atoms with Crippen molar-refractivity contribution in [2.75, 3.05) is 19.0 Å². The topological polar surface area (TPSA) is 56.3 Å². The Hall–Kier alpha value is -2.01. The van der Waals surface area contributed by atoms with Gasteiger partial charge in [0.1, 0.15) is 22.9 Å². The molecule has 0 unspecified atom stereocenters. The SMILES string of the molecule is COc1ccccc1OC(C)(C)CNc1ncnc(Cl)c1C. The molecule has 0 aliphatic carbocycles. The van der Waals surface area contributed by atoms with E-state index >= 15 is 0 Å². The lowest BCUT2D eigenvalue weighted by Gasteiger charge is -2.28. The monoisotopic (exact) mass is 321 g/mol. The van der Waals surface area contributed by atoms with Crippen molar-refractivity contribution in [2.45, 2.75) is 26.4 Å². The highest BCUT2D eigenvalue weighted by Gasteiger charge is 2.22. The van der Waals surface area contributed by atoms with Crippen LogP contribution in [0.1, 0.15) is 19.4 Å². The Bertz CT molecular complexity index is 647. The number of benzene rings is 1. The van der Waals surface area contributed by atoms with Gasteiger partial charge in [0.2, 0.25) is 0 Å². The molecule has 0 bridgehead atoms. The van der Waals surface area contributed by atoms with Gasteiger partial charge in [-0.2, -0.15) is 0 Å². The summed E-state index contributed by atoms with van der Waals surface area (Å²) in [6.45, 7) is 6.41. The maximum absolute atomic E-state index is 6.05. The molecule has 6 heteroatoms. The third-order valence-electron chi connectivity index (χ3n) is 3.16. The first-order valence-electron chi connectivity index (χ1n) is 6.96. The second-order valence-electron chi connectivity index (χ2n) is 5.50. The fourth-order valence-corrected chi connectivity index (χ4v) is 2.07. The van der Waals surface area contributed by atoms with Crippen molar-refractivity contribution < 1.29 is 9.47 Å². The molecule has 0 saturated heterocycles. The van der Waals surface area contributed by atoms with Crippen LogP contribution in [0.5, 0.6) is 11.5 Å². The summed E-state index contributed by atoms with van der Waals surface area (Å²) >= 11 is 5.99. The second kappa shape index (κ2) is 6.83. The zero-order valence-corrected chi connectivity index (χ0v) is 13.9. The molecule has 0 saturated carbocycles. The van der Waals surface area contributed by atoms with Crippen molar-refractivity contribution in [3.05, 3.63) is 41.3 Å². The Balaban J connectivity index is 2.06. The highest BCUT2D eigenvalue weighted by molar-refractivity contribution is 6.30. The molecule has 5 nitrogen and oxygen atoms in total. The van der Waals surface area contributed by atoms with E-state index in [2.05, 4.69) is 15.3 Å². The van der Waals surface area contributed by atoms with Crippen molar-refractivity contribution in [2.24, 2.45) is 0 Å². The molecule has 0 atom stereocenters. The van der Waals surface area contributed by atoms with Crippen molar-refractivity contribution in [1.29, 1.82) is 0 Å². The molecule has 22 heavy (non-hydrogen) atoms. The first kappa shape index (κ1) is 16.4. The van der Waals surface area contributed by atoms with Crippen LogP contribution in [0.25, 0.3) is 0 Å². The normalized spacial score (nSPS) is 11.1. The predicted octanol–water partition coefficient (Wildman–Crippen LogP) is 3.72. The van der Waals surface area contributed by atoms with E-state index in [9.17, 15) is 0 Å². The van der Waals surface area contributed by atoms with Crippen LogP contribution >= 0.6 is 11.6 Å². The Morgan fingerprint density at radius 1 is 1.18 bits per heavy atom. The van der Waals surface area contributed by atoms with E-state index in [-0.39, 0.29) is 0 Å². The first-order valence-corrected chi connectivity index (χ1v) is 7.34. The number of methoxy groups -OCH3 is 1. The van der Waals surface area contributed by atoms with E-state index in [1.165, 1.54) is 6.33 Å². The zero-order valence-electron chi connectivity index (χ0n) is 13.2. The summed E-state index contributed by atoms with van der Waals surface area (Å²) in [5.41, 5.74) is 0.357. The van der Waals surface area contributed by atoms with Crippen LogP contribution in [-0.2, 0) is 0 Å². The average Bonchev–Trinajstić information content (AvgIpc) is 2.49. The first-order chi connectivity index (χ1) is 10.4. The van der Waals surface area contributed by atoms with E-state index in [0.717, 1.165) is 5.56 Å². The lowest BCUT2D eigenvalue weighted by Crippen LogP contribution is -2.37. The number of hydrogen-bond donors (Lipinski definition) is 1. The third kappa shape index (κ3) is 4.01. The molecule has 2 aromatic rings. The van der Waals surface area contributed by atoms with Crippen molar-refractivity contribution in [3.8, 4) is 11.5 Å². The molecule has 1 aromatic carbocycles. The molecular weight excluding hydrogens is 302 g/mol. The third-order valence-corrected chi connectivity index (χ3v) is 3.54. The van der Waals surface area contributed by atoms with Gasteiger partial charge in [-0.15, -0.1) is 0 Å². The van der Waals surface area contributed by atoms with Gasteiger partial charge in [-0.25, -0.2) is 9.97 Å². The van der Waals surface area contributed by atoms with E-state index in [1.807, 2.05) is 45.0 Å². The molecule has 1 aromatic heterocycles. The van der Waals surface area contributed by atoms with Crippen LogP contribution in [0.15, 0.2) is 30.6 Å². The number of ether oxygens (including phenoxy) is 2. The number of rotatable bonds is 6. The summed E-state index contributed by atoms with van der Waals surface area (Å²) in [6, 6.07) is 7.57. The largest absolute Gasteiger partial charge is 0.493 e. The average molecular weight is 322 g/mol. The van der Waals surface area contributed by atoms with E-state index in [0.29, 0.717) is 29.0 Å². The number of para-hydroxylation sites is 2. The van der Waals surface area contributed by atoms with Crippen molar-refractivity contribution in [3.63, 3.8) is 0 Å². The van der Waals surface area contributed by atoms with Gasteiger partial charge in [-0.1, -0.05) is 23.7 Å². The number of aromatic nitrogens is 2. The van der Waals surface area contributed by atoms with Crippen LogP contribution in [0.3, 0.4) is 0 Å². The highest BCUT2D eigenvalue weighted by atomic mass is 35.5. The minimum Gasteiger partial charge on any atom is -0.493 e. The van der Waals surface area contributed by atoms with Gasteiger partial charge in [-0.05, 0) is 32.9 Å². The van der Waals surface area contributed by atoms with Gasteiger partial charge >= 0.3 is 0 Å². The fourth-order valence-electron chi connectivity index (χ4n) is 1.94. The zero-order chi connectivity index (χ0) is 16.2. The van der Waals surface area contributed by atoms with E-state index in [1.54, 1.807) is 7.11 Å². The van der Waals surface area contributed by atoms with Crippen molar-refractivity contribution in [1.82, 2.24) is 9.97 Å². The van der Waals surface area contributed by atoms with Crippen molar-refractivity contribution >= 4 is 17.4 Å². The van der Waals surface area contributed by atoms with Crippen LogP contribution < -0.4 is 14.8 Å². The summed E-state index contributed by atoms with van der Waals surface area (Å²) < 4.78 is 11.4. The second-order valence-corrected chi connectivity index (χ2v) is 5.86. The molecular formula is C16H20ClN3O2. The Morgan fingerprint density at radius 3 is 2.55 bits per heavy atom. The van der Waals surface area contributed by atoms with Crippen LogP contribution in [0, 0.1) is 6.92 Å². The van der Waals surface area contributed by atoms with Gasteiger partial charge in [0.25, 0.3) is 0 Å². The maximum atomic E-state index is 6.05. The summed E-state index contributed by atoms with van der Waals surface area (Å²) in [6.07, 6.45) is 1.44. The van der Waals surface area contributed by atoms with E-state index < -0.39 is 5.60 Å². The van der Waals surface area contributed by atoms with Gasteiger partial charge in [0.05, 0.1) is 13.7 Å². The molecule has 0 radical (unpaired) electrons. The number of nitrogens with one attached hydrogen (secondary N) is 1. The molecule has 1 heterocycles. The molecule has 0 spiro atoms. The van der Waals surface area contributed by atoms with Crippen LogP contribution in [-0.4, -0.2) is 29.2 Å². The number of halogens is 1. The minimum absolute atomic E-state index is 0.445. The van der Waals surface area contributed by atoms with E-state index in [4.69, 9.17) is 21.1 Å². The standard InChI is InChI=1S/C16H20ClN3O2/c1-11-14(17)19-10-20-15(11)18-9-16(2,3)22-13-8-6-5-7-12(13)21-4/h5-8,10H,9H2,1-4H3,(H,18,19,20). The minimum atomic E-state index is -0.460. The quantitative estimate of drug-likeness (QED) is 0.822. The molecule has 0 fully saturated rings. The van der Waals surface area contributed by atoms with Gasteiger partial charge < -0.3 is 14.8 Å². The molecule has 0 aliphatic rings. The Morgan fingerprint density at radius 2 is 1.86 bits per heavy atom. The number of anilines is 1. The lowest BCUT2D eigenvalue weighted by molar-refractivity contribution is 0.118. The smallest absolute Gasteiger partial charge is 0.162 e. The number of hydrogen-bond acceptors (Lipinski definition) is 5. The molecule has 0 aliphatic heterocycles. The summed E-state index contributed by atoms with van der Waals surface area (Å²) in [5, 5.41) is 3.70. The maximum Gasteiger partial charge on any atom is 0.162 e. The molecule has 118 valence electrons. The molecule has 0 amide bonds. The fraction of sp³-hybridized carbons (Fsp3) is 0.375. The molecule has 2 rings (SSSR count). The summed E-state index contributed by atoms with van der Waals surface area (Å²) in [7, 11) is 1.62. The van der Waals surface area contributed by atoms with Gasteiger partial charge in [0, 0.05) is 5.56 Å². The Labute approximate surface area is 135 Å². The summed E-state index contributed by atoms with van der Waals surface area (Å²) in [4.78, 5) is 8.14. The summed E-state index contributed by atoms with van der Waals surface area (Å²) in [5.74, 6) is 2.11. The lowest BCUT2D eigenvalue weighted by atomic mass is 10.1. The van der Waals surface area contributed by atoms with Gasteiger partial charge in [0.15, 0.2) is 11.5 Å². The Kier molecular flexibility index (Phi) is 5.08. The van der Waals surface area contributed by atoms with Gasteiger partial charge in [-0.3, -0.25) is 0 Å². The van der Waals surface area contributed by atoms with Crippen LogP contribution in [0.2, 0.25) is 5.15 Å². The molecule has 1 N–H and O–H groups in total. The highest BCUT2D eigenvalue weighted by Crippen LogP contribution is 2.29.